The van der Waals surface area contributed by atoms with Crippen molar-refractivity contribution in [2.75, 3.05) is 5.75 Å². The van der Waals surface area contributed by atoms with Crippen molar-refractivity contribution in [3.8, 4) is 0 Å². The summed E-state index contributed by atoms with van der Waals surface area (Å²) in [7, 11) is 1.99. The molecule has 1 heterocycles. The summed E-state index contributed by atoms with van der Waals surface area (Å²) in [6, 6.07) is 17.0. The van der Waals surface area contributed by atoms with Crippen molar-refractivity contribution in [1.82, 2.24) is 4.57 Å². The topological polar surface area (TPSA) is 34.4 Å². The molecule has 0 saturated heterocycles. The predicted molar refractivity (Wildman–Crippen MR) is 122 cm³/mol. The number of amides is 1. The molecule has 3 nitrogen and oxygen atoms in total. The standard InChI is InChI=1S/C23H28N2OS2/c1-3-4-9-18-13-14-20-21(16-18)28-23(25(20)2)24-22(26)12-8-15-27-17-19-10-6-5-7-11-19/h5-7,10-11,13-14,16H,3-4,8-9,12,15,17H2,1-2H3. The quantitative estimate of drug-likeness (QED) is 0.421. The van der Waals surface area contributed by atoms with Crippen molar-refractivity contribution in [2.45, 2.75) is 44.8 Å². The number of hydrogen-bond donors (Lipinski definition) is 0. The van der Waals surface area contributed by atoms with E-state index < -0.39 is 0 Å². The molecule has 1 aromatic heterocycles. The Balaban J connectivity index is 1.55. The highest BCUT2D eigenvalue weighted by molar-refractivity contribution is 7.98. The lowest BCUT2D eigenvalue weighted by Crippen LogP contribution is -2.13. The van der Waals surface area contributed by atoms with Crippen LogP contribution in [0.4, 0.5) is 0 Å². The number of hydrogen-bond acceptors (Lipinski definition) is 3. The monoisotopic (exact) mass is 412 g/mol. The fraction of sp³-hybridized carbons (Fsp3) is 0.391. The fourth-order valence-electron chi connectivity index (χ4n) is 3.07. The van der Waals surface area contributed by atoms with Crippen molar-refractivity contribution in [3.63, 3.8) is 0 Å². The van der Waals surface area contributed by atoms with Crippen LogP contribution in [-0.4, -0.2) is 16.2 Å². The van der Waals surface area contributed by atoms with E-state index in [-0.39, 0.29) is 5.91 Å². The molecule has 3 aromatic rings. The first-order chi connectivity index (χ1) is 13.7. The molecule has 3 rings (SSSR count). The summed E-state index contributed by atoms with van der Waals surface area (Å²) >= 11 is 3.48. The number of nitrogens with zero attached hydrogens (tertiary/aromatic N) is 2. The predicted octanol–water partition coefficient (Wildman–Crippen LogP) is 5.72. The number of rotatable bonds is 9. The molecule has 0 spiro atoms. The van der Waals surface area contributed by atoms with Crippen LogP contribution in [0.1, 0.15) is 43.7 Å². The van der Waals surface area contributed by atoms with E-state index in [1.807, 2.05) is 29.4 Å². The van der Waals surface area contributed by atoms with E-state index in [2.05, 4.69) is 54.4 Å². The van der Waals surface area contributed by atoms with Gasteiger partial charge in [0.1, 0.15) is 0 Å². The molecule has 0 fully saturated rings. The Morgan fingerprint density at radius 1 is 1.11 bits per heavy atom. The van der Waals surface area contributed by atoms with Gasteiger partial charge in [-0.15, -0.1) is 0 Å². The van der Waals surface area contributed by atoms with Gasteiger partial charge in [0, 0.05) is 19.2 Å². The van der Waals surface area contributed by atoms with Crippen LogP contribution < -0.4 is 4.80 Å². The second kappa shape index (κ2) is 10.6. The molecule has 2 aromatic carbocycles. The molecule has 28 heavy (non-hydrogen) atoms. The molecule has 0 bridgehead atoms. The lowest BCUT2D eigenvalue weighted by atomic mass is 10.1. The van der Waals surface area contributed by atoms with Gasteiger partial charge in [-0.2, -0.15) is 16.8 Å². The zero-order valence-electron chi connectivity index (χ0n) is 16.7. The normalized spacial score (nSPS) is 12.0. The number of thioether (sulfide) groups is 1. The van der Waals surface area contributed by atoms with Crippen LogP contribution in [0.15, 0.2) is 53.5 Å². The molecule has 148 valence electrons. The van der Waals surface area contributed by atoms with Crippen molar-refractivity contribution < 1.29 is 4.79 Å². The van der Waals surface area contributed by atoms with Gasteiger partial charge in [-0.25, -0.2) is 0 Å². The van der Waals surface area contributed by atoms with Crippen LogP contribution in [0, 0.1) is 0 Å². The Kier molecular flexibility index (Phi) is 7.92. The van der Waals surface area contributed by atoms with Crippen LogP contribution in [-0.2, 0) is 24.0 Å². The van der Waals surface area contributed by atoms with Crippen molar-refractivity contribution in [2.24, 2.45) is 12.0 Å². The van der Waals surface area contributed by atoms with Gasteiger partial charge in [0.2, 0.25) is 5.91 Å². The van der Waals surface area contributed by atoms with Crippen LogP contribution in [0.2, 0.25) is 0 Å². The Morgan fingerprint density at radius 2 is 1.93 bits per heavy atom. The highest BCUT2D eigenvalue weighted by Gasteiger charge is 2.06. The summed E-state index contributed by atoms with van der Waals surface area (Å²) < 4.78 is 3.24. The lowest BCUT2D eigenvalue weighted by molar-refractivity contribution is -0.118. The second-order valence-electron chi connectivity index (χ2n) is 7.00. The van der Waals surface area contributed by atoms with Crippen molar-refractivity contribution in [1.29, 1.82) is 0 Å². The van der Waals surface area contributed by atoms with Gasteiger partial charge in [0.15, 0.2) is 4.80 Å². The van der Waals surface area contributed by atoms with Gasteiger partial charge in [0.05, 0.1) is 10.2 Å². The third-order valence-electron chi connectivity index (χ3n) is 4.70. The summed E-state index contributed by atoms with van der Waals surface area (Å²) in [5.41, 5.74) is 3.85. The molecule has 0 aliphatic carbocycles. The molecular weight excluding hydrogens is 384 g/mol. The van der Waals surface area contributed by atoms with Gasteiger partial charge in [0.25, 0.3) is 0 Å². The zero-order chi connectivity index (χ0) is 19.8. The number of unbranched alkanes of at least 4 members (excludes halogenated alkanes) is 1. The largest absolute Gasteiger partial charge is 0.319 e. The zero-order valence-corrected chi connectivity index (χ0v) is 18.3. The minimum absolute atomic E-state index is 0.0197. The SMILES string of the molecule is CCCCc1ccc2c(c1)sc(=NC(=O)CCCSCc1ccccc1)n2C. The first-order valence-corrected chi connectivity index (χ1v) is 11.9. The molecule has 0 N–H and O–H groups in total. The van der Waals surface area contributed by atoms with Gasteiger partial charge in [-0.3, -0.25) is 4.79 Å². The molecule has 0 radical (unpaired) electrons. The number of benzene rings is 2. The van der Waals surface area contributed by atoms with Crippen molar-refractivity contribution in [3.05, 3.63) is 64.5 Å². The minimum atomic E-state index is -0.0197. The Hall–Kier alpha value is -1.85. The van der Waals surface area contributed by atoms with Gasteiger partial charge in [-0.05, 0) is 48.3 Å². The van der Waals surface area contributed by atoms with E-state index >= 15 is 0 Å². The number of thiazole rings is 1. The van der Waals surface area contributed by atoms with Gasteiger partial charge in [-0.1, -0.05) is 61.1 Å². The van der Waals surface area contributed by atoms with Crippen LogP contribution in [0.3, 0.4) is 0 Å². The van der Waals surface area contributed by atoms with E-state index in [0.717, 1.165) is 34.7 Å². The van der Waals surface area contributed by atoms with Gasteiger partial charge >= 0.3 is 0 Å². The van der Waals surface area contributed by atoms with Crippen molar-refractivity contribution >= 4 is 39.2 Å². The highest BCUT2D eigenvalue weighted by atomic mass is 32.2. The lowest BCUT2D eigenvalue weighted by Gasteiger charge is -2.01. The number of fused-ring (bicyclic) bond motifs is 1. The van der Waals surface area contributed by atoms with E-state index in [9.17, 15) is 4.79 Å². The summed E-state index contributed by atoms with van der Waals surface area (Å²) in [4.78, 5) is 17.5. The molecule has 0 unspecified atom stereocenters. The van der Waals surface area contributed by atoms with E-state index in [4.69, 9.17) is 0 Å². The number of aryl methyl sites for hydroxylation is 2. The minimum Gasteiger partial charge on any atom is -0.319 e. The molecule has 0 atom stereocenters. The van der Waals surface area contributed by atoms with Crippen LogP contribution in [0.5, 0.6) is 0 Å². The Bertz CT molecular complexity index is 973. The average molecular weight is 413 g/mol. The Morgan fingerprint density at radius 3 is 2.71 bits per heavy atom. The summed E-state index contributed by atoms with van der Waals surface area (Å²) in [6.07, 6.45) is 4.91. The summed E-state index contributed by atoms with van der Waals surface area (Å²) in [6.45, 7) is 2.21. The number of carbonyl (C=O) groups is 1. The first-order valence-electron chi connectivity index (χ1n) is 9.95. The molecule has 5 heteroatoms. The second-order valence-corrected chi connectivity index (χ2v) is 9.11. The average Bonchev–Trinajstić information content (AvgIpc) is 3.01. The third kappa shape index (κ3) is 5.82. The van der Waals surface area contributed by atoms with E-state index in [1.165, 1.54) is 28.7 Å². The van der Waals surface area contributed by atoms with E-state index in [1.54, 1.807) is 11.3 Å². The maximum absolute atomic E-state index is 12.3. The van der Waals surface area contributed by atoms with E-state index in [0.29, 0.717) is 6.42 Å². The highest BCUT2D eigenvalue weighted by Crippen LogP contribution is 2.20. The molecule has 0 saturated carbocycles. The van der Waals surface area contributed by atoms with Crippen LogP contribution in [0.25, 0.3) is 10.2 Å². The Labute approximate surface area is 175 Å². The number of aromatic nitrogens is 1. The summed E-state index contributed by atoms with van der Waals surface area (Å²) in [5, 5.41) is 0. The first kappa shape index (κ1) is 20.9. The third-order valence-corrected chi connectivity index (χ3v) is 6.91. The number of carbonyl (C=O) groups excluding carboxylic acids is 1. The maximum atomic E-state index is 12.3. The fourth-order valence-corrected chi connectivity index (χ4v) is 5.09. The van der Waals surface area contributed by atoms with Gasteiger partial charge < -0.3 is 4.57 Å². The molecule has 1 amide bonds. The maximum Gasteiger partial charge on any atom is 0.248 e. The smallest absolute Gasteiger partial charge is 0.248 e. The summed E-state index contributed by atoms with van der Waals surface area (Å²) in [5.74, 6) is 1.96. The molecule has 0 aliphatic heterocycles. The van der Waals surface area contributed by atoms with Crippen LogP contribution >= 0.6 is 23.1 Å². The molecular formula is C23H28N2OS2. The molecule has 0 aliphatic rings.